The third kappa shape index (κ3) is 2.80. The summed E-state index contributed by atoms with van der Waals surface area (Å²) in [6, 6.07) is 8.20. The lowest BCUT2D eigenvalue weighted by Crippen LogP contribution is -2.14. The lowest BCUT2D eigenvalue weighted by molar-refractivity contribution is 0.158. The number of hydrogen-bond donors (Lipinski definition) is 2. The molecule has 2 heterocycles. The highest BCUT2D eigenvalue weighted by atomic mass is 16.5. The Labute approximate surface area is 129 Å². The molecule has 0 radical (unpaired) electrons. The van der Waals surface area contributed by atoms with Crippen LogP contribution in [0.3, 0.4) is 0 Å². The normalized spacial score (nSPS) is 13.3. The molecule has 1 aromatic carbocycles. The van der Waals surface area contributed by atoms with Crippen LogP contribution in [-0.4, -0.2) is 25.7 Å². The molecule has 0 amide bonds. The number of benzene rings is 1. The van der Waals surface area contributed by atoms with Gasteiger partial charge in [0.1, 0.15) is 0 Å². The molecule has 116 valence electrons. The van der Waals surface area contributed by atoms with Crippen molar-refractivity contribution < 1.29 is 5.21 Å². The maximum absolute atomic E-state index is 8.99. The first-order chi connectivity index (χ1) is 10.8. The van der Waals surface area contributed by atoms with Gasteiger partial charge in [-0.3, -0.25) is 9.56 Å². The molecule has 2 aromatic rings. The Morgan fingerprint density at radius 2 is 2.09 bits per heavy atom. The number of para-hydroxylation sites is 1. The summed E-state index contributed by atoms with van der Waals surface area (Å²) in [5.41, 5.74) is 5.48. The second-order valence-electron chi connectivity index (χ2n) is 5.44. The van der Waals surface area contributed by atoms with Gasteiger partial charge in [0.2, 0.25) is 0 Å². The summed E-state index contributed by atoms with van der Waals surface area (Å²) in [6.45, 7) is 2.99. The molecule has 1 aromatic heterocycles. The SMILES string of the molecule is CCCCCC1=NCc2nnc(CNO)n2-c2ccccc21. The summed E-state index contributed by atoms with van der Waals surface area (Å²) in [5, 5.41) is 17.4. The standard InChI is InChI=1S/C16H21N5O/c1-2-3-4-8-13-12-7-5-6-9-14(12)21-15(10-17-13)19-20-16(21)11-18-22/h5-7,9,18,22H,2-4,8,10-11H2,1H3. The van der Waals surface area contributed by atoms with Crippen LogP contribution < -0.4 is 5.48 Å². The third-order valence-corrected chi connectivity index (χ3v) is 3.92. The van der Waals surface area contributed by atoms with E-state index in [1.165, 1.54) is 12.8 Å². The average molecular weight is 299 g/mol. The summed E-state index contributed by atoms with van der Waals surface area (Å²) in [6.07, 6.45) is 4.55. The Bertz CT molecular complexity index is 677. The fraction of sp³-hybridized carbons (Fsp3) is 0.438. The maximum atomic E-state index is 8.99. The number of rotatable bonds is 6. The van der Waals surface area contributed by atoms with Crippen LogP contribution in [0.5, 0.6) is 0 Å². The van der Waals surface area contributed by atoms with E-state index >= 15 is 0 Å². The fourth-order valence-corrected chi connectivity index (χ4v) is 2.84. The molecule has 0 aliphatic carbocycles. The van der Waals surface area contributed by atoms with Gasteiger partial charge in [-0.1, -0.05) is 38.0 Å². The minimum absolute atomic E-state index is 0.256. The van der Waals surface area contributed by atoms with E-state index in [9.17, 15) is 0 Å². The van der Waals surface area contributed by atoms with Gasteiger partial charge in [-0.25, -0.2) is 0 Å². The topological polar surface area (TPSA) is 75.3 Å². The van der Waals surface area contributed by atoms with Crippen molar-refractivity contribution in [2.24, 2.45) is 4.99 Å². The van der Waals surface area contributed by atoms with Gasteiger partial charge in [0.15, 0.2) is 11.6 Å². The lowest BCUT2D eigenvalue weighted by atomic mass is 10.0. The Hall–Kier alpha value is -2.05. The van der Waals surface area contributed by atoms with Crippen molar-refractivity contribution in [1.82, 2.24) is 20.2 Å². The fourth-order valence-electron chi connectivity index (χ4n) is 2.84. The van der Waals surface area contributed by atoms with Crippen molar-refractivity contribution in [3.05, 3.63) is 41.5 Å². The zero-order valence-electron chi connectivity index (χ0n) is 12.8. The molecule has 1 aliphatic heterocycles. The molecular weight excluding hydrogens is 278 g/mol. The van der Waals surface area contributed by atoms with Crippen LogP contribution in [0.15, 0.2) is 29.3 Å². The average Bonchev–Trinajstić information content (AvgIpc) is 2.86. The molecule has 0 fully saturated rings. The molecule has 0 atom stereocenters. The van der Waals surface area contributed by atoms with E-state index in [-0.39, 0.29) is 6.54 Å². The van der Waals surface area contributed by atoms with E-state index in [2.05, 4.69) is 34.7 Å². The van der Waals surface area contributed by atoms with Crippen molar-refractivity contribution in [3.8, 4) is 5.69 Å². The lowest BCUT2D eigenvalue weighted by Gasteiger charge is -2.12. The summed E-state index contributed by atoms with van der Waals surface area (Å²) >= 11 is 0. The number of fused-ring (bicyclic) bond motifs is 3. The molecule has 6 heteroatoms. The van der Waals surface area contributed by atoms with Crippen LogP contribution in [0.2, 0.25) is 0 Å². The van der Waals surface area contributed by atoms with E-state index in [1.807, 2.05) is 16.7 Å². The number of aromatic nitrogens is 3. The van der Waals surface area contributed by atoms with Crippen molar-refractivity contribution in [2.45, 2.75) is 45.7 Å². The van der Waals surface area contributed by atoms with Gasteiger partial charge < -0.3 is 5.21 Å². The monoisotopic (exact) mass is 299 g/mol. The van der Waals surface area contributed by atoms with Crippen molar-refractivity contribution in [3.63, 3.8) is 0 Å². The molecule has 0 unspecified atom stereocenters. The van der Waals surface area contributed by atoms with E-state index in [4.69, 9.17) is 10.2 Å². The van der Waals surface area contributed by atoms with Gasteiger partial charge in [-0.15, -0.1) is 10.2 Å². The number of nitrogens with zero attached hydrogens (tertiary/aromatic N) is 4. The van der Waals surface area contributed by atoms with E-state index < -0.39 is 0 Å². The molecule has 0 saturated carbocycles. The molecular formula is C16H21N5O. The van der Waals surface area contributed by atoms with E-state index in [0.29, 0.717) is 12.4 Å². The highest BCUT2D eigenvalue weighted by Crippen LogP contribution is 2.24. The van der Waals surface area contributed by atoms with Gasteiger partial charge in [0.25, 0.3) is 0 Å². The largest absolute Gasteiger partial charge is 0.316 e. The second kappa shape index (κ2) is 6.81. The number of aliphatic imine (C=N–C) groups is 1. The quantitative estimate of drug-likeness (QED) is 0.635. The molecule has 22 heavy (non-hydrogen) atoms. The summed E-state index contributed by atoms with van der Waals surface area (Å²) in [5.74, 6) is 1.50. The van der Waals surface area contributed by atoms with Crippen LogP contribution in [-0.2, 0) is 13.1 Å². The number of hydrogen-bond acceptors (Lipinski definition) is 5. The van der Waals surface area contributed by atoms with Crippen molar-refractivity contribution in [2.75, 3.05) is 0 Å². The predicted molar refractivity (Wildman–Crippen MR) is 84.4 cm³/mol. The predicted octanol–water partition coefficient (Wildman–Crippen LogP) is 2.63. The van der Waals surface area contributed by atoms with Crippen molar-refractivity contribution in [1.29, 1.82) is 0 Å². The Morgan fingerprint density at radius 3 is 2.91 bits per heavy atom. The smallest absolute Gasteiger partial charge is 0.159 e. The third-order valence-electron chi connectivity index (χ3n) is 3.92. The van der Waals surface area contributed by atoms with Crippen molar-refractivity contribution >= 4 is 5.71 Å². The number of unbranched alkanes of at least 4 members (excludes halogenated alkanes) is 2. The Morgan fingerprint density at radius 1 is 1.23 bits per heavy atom. The van der Waals surface area contributed by atoms with Gasteiger partial charge in [-0.2, -0.15) is 5.48 Å². The first-order valence-electron chi connectivity index (χ1n) is 7.78. The highest BCUT2D eigenvalue weighted by molar-refractivity contribution is 6.03. The molecule has 2 N–H and O–H groups in total. The van der Waals surface area contributed by atoms with Crippen LogP contribution in [0.4, 0.5) is 0 Å². The number of hydroxylamine groups is 1. The summed E-state index contributed by atoms with van der Waals surface area (Å²) in [7, 11) is 0. The minimum Gasteiger partial charge on any atom is -0.316 e. The van der Waals surface area contributed by atoms with Gasteiger partial charge >= 0.3 is 0 Å². The van der Waals surface area contributed by atoms with Crippen LogP contribution in [0.25, 0.3) is 5.69 Å². The molecule has 3 rings (SSSR count). The van der Waals surface area contributed by atoms with Crippen LogP contribution in [0.1, 0.15) is 49.8 Å². The molecule has 1 aliphatic rings. The van der Waals surface area contributed by atoms with E-state index in [1.54, 1.807) is 0 Å². The number of nitrogens with one attached hydrogen (secondary N) is 1. The zero-order valence-corrected chi connectivity index (χ0v) is 12.8. The Kier molecular flexibility index (Phi) is 4.60. The molecule has 0 spiro atoms. The summed E-state index contributed by atoms with van der Waals surface area (Å²) in [4.78, 5) is 4.76. The first kappa shape index (κ1) is 14.9. The minimum atomic E-state index is 0.256. The molecule has 0 bridgehead atoms. The van der Waals surface area contributed by atoms with Gasteiger partial charge in [-0.05, 0) is 18.9 Å². The molecule has 0 saturated heterocycles. The van der Waals surface area contributed by atoms with Crippen LogP contribution >= 0.6 is 0 Å². The van der Waals surface area contributed by atoms with Gasteiger partial charge in [0.05, 0.1) is 18.8 Å². The molecule has 6 nitrogen and oxygen atoms in total. The van der Waals surface area contributed by atoms with E-state index in [0.717, 1.165) is 35.6 Å². The zero-order chi connectivity index (χ0) is 15.4. The second-order valence-corrected chi connectivity index (χ2v) is 5.44. The highest BCUT2D eigenvalue weighted by Gasteiger charge is 2.21. The Balaban J connectivity index is 2.01. The van der Waals surface area contributed by atoms with Gasteiger partial charge in [0, 0.05) is 11.3 Å². The summed E-state index contributed by atoms with van der Waals surface area (Å²) < 4.78 is 1.99. The maximum Gasteiger partial charge on any atom is 0.159 e. The van der Waals surface area contributed by atoms with Crippen LogP contribution in [0, 0.1) is 0 Å². The first-order valence-corrected chi connectivity index (χ1v) is 7.78.